The third-order valence-corrected chi connectivity index (χ3v) is 7.30. The molecule has 0 spiro atoms. The molecule has 1 amide bonds. The predicted octanol–water partition coefficient (Wildman–Crippen LogP) is 7.51. The number of fused-ring (bicyclic) bond motifs is 1. The Bertz CT molecular complexity index is 1730. The number of anilines is 1. The first-order chi connectivity index (χ1) is 18.7. The number of hydrogen-bond donors (Lipinski definition) is 0. The Balaban J connectivity index is 1.49. The van der Waals surface area contributed by atoms with Gasteiger partial charge in [0.25, 0.3) is 5.91 Å². The SMILES string of the molecule is CC1=NN(c2c(F)c(F)c(F)c(F)c2F)C(=O)/C1=C/c1ccc(SCc2ccc(C#N)cc2)c2ccccc12. The van der Waals surface area contributed by atoms with E-state index in [0.717, 1.165) is 21.2 Å². The van der Waals surface area contributed by atoms with E-state index in [1.165, 1.54) is 13.0 Å². The molecule has 0 bridgehead atoms. The van der Waals surface area contributed by atoms with Crippen LogP contribution < -0.4 is 5.01 Å². The van der Waals surface area contributed by atoms with Crippen LogP contribution in [-0.2, 0) is 10.5 Å². The number of carbonyl (C=O) groups is 1. The number of nitrogens with zero attached hydrogens (tertiary/aromatic N) is 3. The molecule has 4 aromatic rings. The van der Waals surface area contributed by atoms with Gasteiger partial charge < -0.3 is 0 Å². The van der Waals surface area contributed by atoms with Crippen molar-refractivity contribution in [3.63, 3.8) is 0 Å². The fourth-order valence-corrected chi connectivity index (χ4v) is 5.17. The van der Waals surface area contributed by atoms with Gasteiger partial charge in [-0.3, -0.25) is 4.79 Å². The number of halogens is 5. The van der Waals surface area contributed by atoms with Gasteiger partial charge in [0.15, 0.2) is 23.3 Å². The topological polar surface area (TPSA) is 56.5 Å². The average molecular weight is 550 g/mol. The van der Waals surface area contributed by atoms with Crippen LogP contribution in [0.1, 0.15) is 23.6 Å². The lowest BCUT2D eigenvalue weighted by Gasteiger charge is -2.15. The number of rotatable bonds is 5. The summed E-state index contributed by atoms with van der Waals surface area (Å²) < 4.78 is 69.8. The molecule has 4 aromatic carbocycles. The van der Waals surface area contributed by atoms with Crippen LogP contribution in [0.4, 0.5) is 27.6 Å². The second-order valence-electron chi connectivity index (χ2n) is 8.57. The van der Waals surface area contributed by atoms with Gasteiger partial charge in [-0.15, -0.1) is 11.8 Å². The number of hydrogen-bond acceptors (Lipinski definition) is 4. The average Bonchev–Trinajstić information content (AvgIpc) is 3.23. The molecule has 4 nitrogen and oxygen atoms in total. The van der Waals surface area contributed by atoms with Crippen LogP contribution in [0.5, 0.6) is 0 Å². The summed E-state index contributed by atoms with van der Waals surface area (Å²) in [6, 6.07) is 20.5. The molecule has 0 N–H and O–H groups in total. The van der Waals surface area contributed by atoms with Crippen LogP contribution >= 0.6 is 11.8 Å². The zero-order valence-corrected chi connectivity index (χ0v) is 20.9. The third kappa shape index (κ3) is 4.66. The molecule has 1 aliphatic rings. The number of hydrazone groups is 1. The normalized spacial score (nSPS) is 14.3. The van der Waals surface area contributed by atoms with Crippen LogP contribution in [0.3, 0.4) is 0 Å². The molecule has 194 valence electrons. The van der Waals surface area contributed by atoms with Crippen molar-refractivity contribution in [1.82, 2.24) is 0 Å². The lowest BCUT2D eigenvalue weighted by atomic mass is 10.0. The molecular formula is C29H16F5N3OS. The largest absolute Gasteiger partial charge is 0.280 e. The molecular weight excluding hydrogens is 533 g/mol. The molecule has 0 saturated heterocycles. The first-order valence-electron chi connectivity index (χ1n) is 11.5. The van der Waals surface area contributed by atoms with Crippen molar-refractivity contribution in [2.75, 3.05) is 5.01 Å². The highest BCUT2D eigenvalue weighted by Gasteiger charge is 2.37. The fraction of sp³-hybridized carbons (Fsp3) is 0.0690. The van der Waals surface area contributed by atoms with E-state index in [1.54, 1.807) is 30.0 Å². The van der Waals surface area contributed by atoms with Crippen LogP contribution in [-0.4, -0.2) is 11.6 Å². The Morgan fingerprint density at radius 2 is 1.49 bits per heavy atom. The minimum absolute atomic E-state index is 0.0484. The van der Waals surface area contributed by atoms with Crippen molar-refractivity contribution >= 4 is 45.9 Å². The molecule has 0 atom stereocenters. The molecule has 10 heteroatoms. The van der Waals surface area contributed by atoms with E-state index in [9.17, 15) is 26.7 Å². The van der Waals surface area contributed by atoms with E-state index in [2.05, 4.69) is 11.2 Å². The van der Waals surface area contributed by atoms with Crippen LogP contribution in [0, 0.1) is 40.4 Å². The Kier molecular flexibility index (Phi) is 6.93. The molecule has 0 fully saturated rings. The zero-order valence-electron chi connectivity index (χ0n) is 20.1. The summed E-state index contributed by atoms with van der Waals surface area (Å²) >= 11 is 1.59. The first-order valence-corrected chi connectivity index (χ1v) is 12.5. The van der Waals surface area contributed by atoms with Crippen molar-refractivity contribution in [2.45, 2.75) is 17.6 Å². The van der Waals surface area contributed by atoms with Crippen molar-refractivity contribution in [2.24, 2.45) is 5.10 Å². The Hall–Kier alpha value is -4.49. The lowest BCUT2D eigenvalue weighted by molar-refractivity contribution is -0.114. The Labute approximate surface area is 223 Å². The second kappa shape index (κ2) is 10.3. The summed E-state index contributed by atoms with van der Waals surface area (Å²) in [5, 5.41) is 14.6. The van der Waals surface area contributed by atoms with Gasteiger partial charge in [-0.1, -0.05) is 42.5 Å². The van der Waals surface area contributed by atoms with E-state index in [4.69, 9.17) is 5.26 Å². The van der Waals surface area contributed by atoms with Crippen molar-refractivity contribution in [1.29, 1.82) is 5.26 Å². The molecule has 1 heterocycles. The maximum absolute atomic E-state index is 14.4. The number of benzene rings is 4. The summed E-state index contributed by atoms with van der Waals surface area (Å²) in [7, 11) is 0. The summed E-state index contributed by atoms with van der Waals surface area (Å²) in [5.41, 5.74) is 0.773. The van der Waals surface area contributed by atoms with Gasteiger partial charge >= 0.3 is 0 Å². The van der Waals surface area contributed by atoms with Gasteiger partial charge in [-0.25, -0.2) is 22.0 Å². The minimum atomic E-state index is -2.32. The second-order valence-corrected chi connectivity index (χ2v) is 9.59. The summed E-state index contributed by atoms with van der Waals surface area (Å²) in [6.07, 6.45) is 1.48. The molecule has 5 rings (SSSR count). The standard InChI is InChI=1S/C29H16F5N3OS/c1-15-21(29(38)37(36-15)28-26(33)24(31)23(30)25(32)27(28)34)12-18-10-11-22(20-5-3-2-4-19(18)20)39-14-17-8-6-16(13-35)7-9-17/h2-12H,14H2,1H3/b21-12+. The van der Waals surface area contributed by atoms with Crippen molar-refractivity contribution < 1.29 is 26.7 Å². The fourth-order valence-electron chi connectivity index (χ4n) is 4.15. The van der Waals surface area contributed by atoms with Gasteiger partial charge in [0.1, 0.15) is 5.69 Å². The van der Waals surface area contributed by atoms with Gasteiger partial charge in [-0.05, 0) is 53.1 Å². The summed E-state index contributed by atoms with van der Waals surface area (Å²) in [6.45, 7) is 1.40. The van der Waals surface area contributed by atoms with Crippen LogP contribution in [0.25, 0.3) is 16.8 Å². The van der Waals surface area contributed by atoms with Gasteiger partial charge in [0.05, 0.1) is 22.9 Å². The van der Waals surface area contributed by atoms with Gasteiger partial charge in [-0.2, -0.15) is 15.4 Å². The highest BCUT2D eigenvalue weighted by atomic mass is 32.2. The van der Waals surface area contributed by atoms with Crippen molar-refractivity contribution in [3.05, 3.63) is 112 Å². The Morgan fingerprint density at radius 1 is 0.872 bits per heavy atom. The quantitative estimate of drug-likeness (QED) is 0.0852. The maximum Gasteiger partial charge on any atom is 0.280 e. The number of nitriles is 1. The lowest BCUT2D eigenvalue weighted by Crippen LogP contribution is -2.25. The monoisotopic (exact) mass is 549 g/mol. The van der Waals surface area contributed by atoms with Gasteiger partial charge in [0.2, 0.25) is 5.82 Å². The highest BCUT2D eigenvalue weighted by Crippen LogP contribution is 2.36. The molecule has 0 unspecified atom stereocenters. The van der Waals surface area contributed by atoms with E-state index >= 15 is 0 Å². The smallest absolute Gasteiger partial charge is 0.267 e. The van der Waals surface area contributed by atoms with Crippen LogP contribution in [0.15, 0.2) is 76.2 Å². The van der Waals surface area contributed by atoms with E-state index in [0.29, 0.717) is 16.9 Å². The van der Waals surface area contributed by atoms with Crippen molar-refractivity contribution in [3.8, 4) is 6.07 Å². The zero-order chi connectivity index (χ0) is 27.8. The van der Waals surface area contributed by atoms with Gasteiger partial charge in [0, 0.05) is 10.6 Å². The molecule has 0 aromatic heterocycles. The minimum Gasteiger partial charge on any atom is -0.267 e. The van der Waals surface area contributed by atoms with E-state index in [1.807, 2.05) is 42.5 Å². The number of thioether (sulfide) groups is 1. The number of amides is 1. The molecule has 39 heavy (non-hydrogen) atoms. The number of carbonyl (C=O) groups excluding carboxylic acids is 1. The van der Waals surface area contributed by atoms with Crippen LogP contribution in [0.2, 0.25) is 0 Å². The summed E-state index contributed by atoms with van der Waals surface area (Å²) in [5.74, 6) is -11.3. The molecule has 0 aliphatic carbocycles. The van der Waals surface area contributed by atoms with E-state index in [-0.39, 0.29) is 16.3 Å². The highest BCUT2D eigenvalue weighted by molar-refractivity contribution is 7.98. The van der Waals surface area contributed by atoms with E-state index < -0.39 is 40.7 Å². The first kappa shape index (κ1) is 26.1. The summed E-state index contributed by atoms with van der Waals surface area (Å²) in [4.78, 5) is 14.0. The third-order valence-electron chi connectivity index (χ3n) is 6.16. The maximum atomic E-state index is 14.4. The molecule has 0 radical (unpaired) electrons. The molecule has 1 aliphatic heterocycles. The predicted molar refractivity (Wildman–Crippen MR) is 139 cm³/mol. The Morgan fingerprint density at radius 3 is 2.13 bits per heavy atom. The molecule has 0 saturated carbocycles.